The van der Waals surface area contributed by atoms with E-state index in [9.17, 15) is 4.79 Å². The van der Waals surface area contributed by atoms with Crippen molar-refractivity contribution in [1.82, 2.24) is 4.98 Å². The van der Waals surface area contributed by atoms with E-state index in [4.69, 9.17) is 4.42 Å². The minimum absolute atomic E-state index is 0.384. The average Bonchev–Trinajstić information content (AvgIpc) is 2.69. The zero-order chi connectivity index (χ0) is 11.0. The van der Waals surface area contributed by atoms with Crippen LogP contribution in [0.2, 0.25) is 0 Å². The van der Waals surface area contributed by atoms with E-state index in [1.54, 1.807) is 0 Å². The van der Waals surface area contributed by atoms with Crippen molar-refractivity contribution in [2.24, 2.45) is 0 Å². The summed E-state index contributed by atoms with van der Waals surface area (Å²) in [6.45, 7) is 0. The van der Waals surface area contributed by atoms with Crippen molar-refractivity contribution in [3.63, 3.8) is 0 Å². The first-order valence-corrected chi connectivity index (χ1v) is 5.65. The van der Waals surface area contributed by atoms with Gasteiger partial charge in [-0.15, -0.1) is 0 Å². The van der Waals surface area contributed by atoms with Gasteiger partial charge in [-0.1, -0.05) is 12.1 Å². The Kier molecular flexibility index (Phi) is 2.17. The normalized spacial score (nSPS) is 16.4. The molecule has 16 heavy (non-hydrogen) atoms. The molecule has 3 heteroatoms. The van der Waals surface area contributed by atoms with Gasteiger partial charge < -0.3 is 4.42 Å². The van der Waals surface area contributed by atoms with Gasteiger partial charge in [0.25, 0.3) is 0 Å². The van der Waals surface area contributed by atoms with Crippen LogP contribution in [0.1, 0.15) is 31.2 Å². The Hall–Kier alpha value is -1.77. The highest BCUT2D eigenvalue weighted by atomic mass is 16.4. The van der Waals surface area contributed by atoms with Crippen molar-refractivity contribution >= 4 is 16.7 Å². The number of H-pyrrole nitrogens is 1. The molecular weight excluding hydrogens is 202 g/mol. The first-order chi connectivity index (χ1) is 7.83. The number of rotatable bonds is 1. The van der Waals surface area contributed by atoms with E-state index < -0.39 is 0 Å². The molecule has 1 N–H and O–H groups in total. The van der Waals surface area contributed by atoms with Gasteiger partial charge in [-0.3, -0.25) is 4.98 Å². The number of oxazole rings is 1. The Morgan fingerprint density at radius 3 is 3.00 bits per heavy atom. The number of hydrogen-bond acceptors (Lipinski definition) is 2. The second kappa shape index (κ2) is 3.67. The third-order valence-electron chi connectivity index (χ3n) is 3.08. The summed E-state index contributed by atoms with van der Waals surface area (Å²) in [5.74, 6) is -0.384. The second-order valence-corrected chi connectivity index (χ2v) is 4.20. The number of allylic oxidation sites excluding steroid dienone is 2. The van der Waals surface area contributed by atoms with Gasteiger partial charge in [-0.05, 0) is 49.0 Å². The van der Waals surface area contributed by atoms with Crippen LogP contribution in [0.25, 0.3) is 16.7 Å². The lowest BCUT2D eigenvalue weighted by molar-refractivity contribution is 0.555. The molecule has 0 radical (unpaired) electrons. The van der Waals surface area contributed by atoms with Crippen LogP contribution in [0, 0.1) is 0 Å². The molecular formula is C13H13NO2. The highest BCUT2D eigenvalue weighted by Crippen LogP contribution is 2.28. The topological polar surface area (TPSA) is 46.0 Å². The highest BCUT2D eigenvalue weighted by Gasteiger charge is 2.08. The molecule has 0 atom stereocenters. The quantitative estimate of drug-likeness (QED) is 0.794. The van der Waals surface area contributed by atoms with Crippen LogP contribution in [0.3, 0.4) is 0 Å². The van der Waals surface area contributed by atoms with Crippen LogP contribution in [0.5, 0.6) is 0 Å². The van der Waals surface area contributed by atoms with E-state index in [1.165, 1.54) is 24.0 Å². The van der Waals surface area contributed by atoms with Gasteiger partial charge in [0, 0.05) is 0 Å². The average molecular weight is 215 g/mol. The summed E-state index contributed by atoms with van der Waals surface area (Å²) >= 11 is 0. The monoisotopic (exact) mass is 215 g/mol. The maximum Gasteiger partial charge on any atom is 0.417 e. The number of aromatic nitrogens is 1. The van der Waals surface area contributed by atoms with Gasteiger partial charge in [0.1, 0.15) is 0 Å². The molecule has 3 rings (SSSR count). The second-order valence-electron chi connectivity index (χ2n) is 4.20. The number of aromatic amines is 1. The molecule has 0 amide bonds. The molecule has 1 aliphatic carbocycles. The minimum Gasteiger partial charge on any atom is -0.408 e. The fourth-order valence-electron chi connectivity index (χ4n) is 2.25. The molecule has 0 saturated carbocycles. The summed E-state index contributed by atoms with van der Waals surface area (Å²) in [6.07, 6.45) is 7.10. The molecule has 0 saturated heterocycles. The van der Waals surface area contributed by atoms with Gasteiger partial charge in [0.05, 0.1) is 5.52 Å². The van der Waals surface area contributed by atoms with E-state index >= 15 is 0 Å². The van der Waals surface area contributed by atoms with Crippen LogP contribution in [0.4, 0.5) is 0 Å². The Labute approximate surface area is 92.8 Å². The van der Waals surface area contributed by atoms with E-state index in [0.717, 1.165) is 18.4 Å². The lowest BCUT2D eigenvalue weighted by Crippen LogP contribution is -1.92. The van der Waals surface area contributed by atoms with Crippen molar-refractivity contribution in [2.45, 2.75) is 25.7 Å². The first-order valence-electron chi connectivity index (χ1n) is 5.65. The Morgan fingerprint density at radius 1 is 1.25 bits per heavy atom. The number of fused-ring (bicyclic) bond motifs is 1. The molecule has 0 bridgehead atoms. The van der Waals surface area contributed by atoms with Crippen LogP contribution >= 0.6 is 0 Å². The van der Waals surface area contributed by atoms with Gasteiger partial charge in [-0.25, -0.2) is 4.79 Å². The maximum absolute atomic E-state index is 11.0. The van der Waals surface area contributed by atoms with Crippen molar-refractivity contribution < 1.29 is 4.42 Å². The predicted octanol–water partition coefficient (Wildman–Crippen LogP) is 3.08. The molecule has 0 unspecified atom stereocenters. The van der Waals surface area contributed by atoms with E-state index in [-0.39, 0.29) is 5.76 Å². The maximum atomic E-state index is 11.0. The van der Waals surface area contributed by atoms with Gasteiger partial charge in [-0.2, -0.15) is 0 Å². The van der Waals surface area contributed by atoms with Crippen molar-refractivity contribution in [3.05, 3.63) is 40.4 Å². The Balaban J connectivity index is 2.10. The summed E-state index contributed by atoms with van der Waals surface area (Å²) in [7, 11) is 0. The molecule has 1 aliphatic rings. The summed E-state index contributed by atoms with van der Waals surface area (Å²) < 4.78 is 5.06. The molecule has 2 aromatic rings. The lowest BCUT2D eigenvalue weighted by Gasteiger charge is -2.12. The van der Waals surface area contributed by atoms with E-state index in [1.807, 2.05) is 18.2 Å². The fraction of sp³-hybridized carbons (Fsp3) is 0.308. The highest BCUT2D eigenvalue weighted by molar-refractivity contribution is 5.79. The van der Waals surface area contributed by atoms with Gasteiger partial charge in [0.15, 0.2) is 5.58 Å². The molecule has 1 heterocycles. The minimum atomic E-state index is -0.384. The zero-order valence-corrected chi connectivity index (χ0v) is 8.95. The smallest absolute Gasteiger partial charge is 0.408 e. The number of hydrogen-bond donors (Lipinski definition) is 1. The predicted molar refractivity (Wildman–Crippen MR) is 63.3 cm³/mol. The standard InChI is InChI=1S/C13H13NO2/c15-13-14-11-7-6-10(8-12(11)16-13)9-4-2-1-3-5-9/h4,6-8H,1-3,5H2,(H,14,15). The molecule has 0 aliphatic heterocycles. The summed E-state index contributed by atoms with van der Waals surface area (Å²) in [4.78, 5) is 13.7. The Bertz CT molecular complexity index is 604. The van der Waals surface area contributed by atoms with E-state index in [0.29, 0.717) is 5.58 Å². The van der Waals surface area contributed by atoms with Gasteiger partial charge in [0.2, 0.25) is 0 Å². The first kappa shape index (κ1) is 9.46. The lowest BCUT2D eigenvalue weighted by atomic mass is 9.94. The molecule has 3 nitrogen and oxygen atoms in total. The van der Waals surface area contributed by atoms with Gasteiger partial charge >= 0.3 is 5.76 Å². The summed E-state index contributed by atoms with van der Waals surface area (Å²) in [5.41, 5.74) is 3.96. The van der Waals surface area contributed by atoms with Crippen LogP contribution in [-0.4, -0.2) is 4.98 Å². The van der Waals surface area contributed by atoms with Crippen LogP contribution < -0.4 is 5.76 Å². The molecule has 0 fully saturated rings. The molecule has 1 aromatic heterocycles. The molecule has 1 aromatic carbocycles. The van der Waals surface area contributed by atoms with E-state index in [2.05, 4.69) is 11.1 Å². The SMILES string of the molecule is O=c1[nH]c2ccc(C3=CCCCC3)cc2o1. The third kappa shape index (κ3) is 1.58. The van der Waals surface area contributed by atoms with Crippen LogP contribution in [0.15, 0.2) is 33.5 Å². The van der Waals surface area contributed by atoms with Crippen molar-refractivity contribution in [2.75, 3.05) is 0 Å². The van der Waals surface area contributed by atoms with Crippen molar-refractivity contribution in [1.29, 1.82) is 0 Å². The largest absolute Gasteiger partial charge is 0.417 e. The fourth-order valence-corrected chi connectivity index (χ4v) is 2.25. The number of nitrogens with one attached hydrogen (secondary N) is 1. The van der Waals surface area contributed by atoms with Crippen LogP contribution in [-0.2, 0) is 0 Å². The number of benzene rings is 1. The zero-order valence-electron chi connectivity index (χ0n) is 8.95. The Morgan fingerprint density at radius 2 is 2.19 bits per heavy atom. The summed E-state index contributed by atoms with van der Waals surface area (Å²) in [6, 6.07) is 5.90. The molecule has 82 valence electrons. The molecule has 0 spiro atoms. The summed E-state index contributed by atoms with van der Waals surface area (Å²) in [5, 5.41) is 0. The third-order valence-corrected chi connectivity index (χ3v) is 3.08. The van der Waals surface area contributed by atoms with Crippen molar-refractivity contribution in [3.8, 4) is 0 Å².